The predicted molar refractivity (Wildman–Crippen MR) is 85.0 cm³/mol. The summed E-state index contributed by atoms with van der Waals surface area (Å²) < 4.78 is 5.20. The molecule has 114 valence electrons. The zero-order valence-corrected chi connectivity index (χ0v) is 13.1. The van der Waals surface area contributed by atoms with E-state index in [0.29, 0.717) is 18.0 Å². The van der Waals surface area contributed by atoms with Gasteiger partial charge in [0.05, 0.1) is 13.0 Å². The maximum atomic E-state index is 12.3. The minimum Gasteiger partial charge on any atom is -0.497 e. The van der Waals surface area contributed by atoms with E-state index in [9.17, 15) is 9.59 Å². The Hall–Kier alpha value is -1.69. The van der Waals surface area contributed by atoms with Crippen LogP contribution in [-0.2, 0) is 9.59 Å². The van der Waals surface area contributed by atoms with Gasteiger partial charge in [-0.25, -0.2) is 0 Å². The first-order chi connectivity index (χ1) is 10.2. The molecule has 21 heavy (non-hydrogen) atoms. The highest BCUT2D eigenvalue weighted by atomic mass is 32.2. The van der Waals surface area contributed by atoms with Gasteiger partial charge in [0.2, 0.25) is 11.8 Å². The molecule has 1 aromatic carbocycles. The number of carbonyl (C=O) groups excluding carboxylic acids is 2. The molecule has 2 N–H and O–H groups in total. The topological polar surface area (TPSA) is 67.4 Å². The summed E-state index contributed by atoms with van der Waals surface area (Å²) in [6.07, 6.45) is 0.174. The van der Waals surface area contributed by atoms with E-state index in [0.717, 1.165) is 17.1 Å². The normalized spacial score (nSPS) is 16.9. The lowest BCUT2D eigenvalue weighted by atomic mass is 9.89. The van der Waals surface area contributed by atoms with Crippen molar-refractivity contribution in [2.24, 2.45) is 0 Å². The summed E-state index contributed by atoms with van der Waals surface area (Å²) in [5.41, 5.74) is 1.50. The van der Waals surface area contributed by atoms with Gasteiger partial charge in [-0.05, 0) is 29.5 Å². The third-order valence-electron chi connectivity index (χ3n) is 3.36. The summed E-state index contributed by atoms with van der Waals surface area (Å²) in [5, 5.41) is 5.70. The van der Waals surface area contributed by atoms with Crippen molar-refractivity contribution in [1.29, 1.82) is 0 Å². The number of amides is 2. The molecular weight excluding hydrogens is 288 g/mol. The lowest BCUT2D eigenvalue weighted by Gasteiger charge is -2.25. The van der Waals surface area contributed by atoms with Crippen LogP contribution in [0.15, 0.2) is 18.2 Å². The van der Waals surface area contributed by atoms with Gasteiger partial charge in [-0.15, -0.1) is 0 Å². The number of rotatable bonds is 6. The van der Waals surface area contributed by atoms with E-state index < -0.39 is 5.92 Å². The van der Waals surface area contributed by atoms with Gasteiger partial charge in [-0.1, -0.05) is 6.92 Å². The van der Waals surface area contributed by atoms with Crippen LogP contribution in [0.2, 0.25) is 0 Å². The van der Waals surface area contributed by atoms with E-state index in [-0.39, 0.29) is 18.2 Å². The first-order valence-corrected chi connectivity index (χ1v) is 8.14. The highest BCUT2D eigenvalue weighted by molar-refractivity contribution is 7.99. The number of fused-ring (bicyclic) bond motifs is 1. The lowest BCUT2D eigenvalue weighted by Crippen LogP contribution is -2.36. The molecular formula is C15H20N2O3S. The van der Waals surface area contributed by atoms with Crippen LogP contribution in [0, 0.1) is 0 Å². The summed E-state index contributed by atoms with van der Waals surface area (Å²) in [5.74, 6) is 1.92. The molecule has 1 heterocycles. The third kappa shape index (κ3) is 3.91. The van der Waals surface area contributed by atoms with E-state index >= 15 is 0 Å². The van der Waals surface area contributed by atoms with Crippen molar-refractivity contribution in [2.75, 3.05) is 30.5 Å². The monoisotopic (exact) mass is 308 g/mol. The van der Waals surface area contributed by atoms with Crippen LogP contribution in [0.3, 0.4) is 0 Å². The molecule has 0 bridgehead atoms. The molecule has 0 saturated heterocycles. The fourth-order valence-electron chi connectivity index (χ4n) is 2.31. The molecule has 0 spiro atoms. The molecule has 1 aromatic rings. The van der Waals surface area contributed by atoms with Gasteiger partial charge in [0, 0.05) is 24.4 Å². The van der Waals surface area contributed by atoms with Crippen molar-refractivity contribution in [2.45, 2.75) is 19.3 Å². The van der Waals surface area contributed by atoms with Gasteiger partial charge in [0.15, 0.2) is 0 Å². The smallest absolute Gasteiger partial charge is 0.228 e. The molecule has 1 aliphatic heterocycles. The number of carbonyl (C=O) groups is 2. The Bertz CT molecular complexity index is 534. The molecule has 5 nitrogen and oxygen atoms in total. The third-order valence-corrected chi connectivity index (χ3v) is 4.27. The van der Waals surface area contributed by atoms with Crippen LogP contribution in [0.5, 0.6) is 5.75 Å². The maximum Gasteiger partial charge on any atom is 0.228 e. The number of thioether (sulfide) groups is 1. The number of anilines is 1. The van der Waals surface area contributed by atoms with Gasteiger partial charge >= 0.3 is 0 Å². The van der Waals surface area contributed by atoms with Crippen molar-refractivity contribution in [3.8, 4) is 5.75 Å². The van der Waals surface area contributed by atoms with Gasteiger partial charge < -0.3 is 15.4 Å². The largest absolute Gasteiger partial charge is 0.497 e. The van der Waals surface area contributed by atoms with E-state index in [1.165, 1.54) is 0 Å². The van der Waals surface area contributed by atoms with Crippen molar-refractivity contribution >= 4 is 29.3 Å². The number of methoxy groups -OCH3 is 1. The Labute approximate surface area is 128 Å². The molecule has 0 saturated carbocycles. The second-order valence-corrected chi connectivity index (χ2v) is 6.14. The first-order valence-electron chi connectivity index (χ1n) is 6.99. The molecule has 2 rings (SSSR count). The van der Waals surface area contributed by atoms with Crippen molar-refractivity contribution in [3.05, 3.63) is 23.8 Å². The summed E-state index contributed by atoms with van der Waals surface area (Å²) in [6.45, 7) is 2.70. The second kappa shape index (κ2) is 7.36. The zero-order chi connectivity index (χ0) is 15.2. The quantitative estimate of drug-likeness (QED) is 0.789. The molecule has 6 heteroatoms. The zero-order valence-electron chi connectivity index (χ0n) is 12.3. The van der Waals surface area contributed by atoms with Crippen molar-refractivity contribution < 1.29 is 14.3 Å². The van der Waals surface area contributed by atoms with Crippen LogP contribution in [0.25, 0.3) is 0 Å². The Morgan fingerprint density at radius 2 is 2.33 bits per heavy atom. The fraction of sp³-hybridized carbons (Fsp3) is 0.467. The number of nitrogens with one attached hydrogen (secondary N) is 2. The summed E-state index contributed by atoms with van der Waals surface area (Å²) in [4.78, 5) is 24.1. The highest BCUT2D eigenvalue weighted by Crippen LogP contribution is 2.34. The molecule has 1 aliphatic rings. The lowest BCUT2D eigenvalue weighted by molar-refractivity contribution is -0.126. The van der Waals surface area contributed by atoms with Crippen molar-refractivity contribution in [1.82, 2.24) is 5.32 Å². The first kappa shape index (κ1) is 15.7. The Morgan fingerprint density at radius 3 is 3.05 bits per heavy atom. The number of hydrogen-bond donors (Lipinski definition) is 2. The summed E-state index contributed by atoms with van der Waals surface area (Å²) in [6, 6.07) is 5.37. The van der Waals surface area contributed by atoms with Crippen molar-refractivity contribution in [3.63, 3.8) is 0 Å². The minimum atomic E-state index is -0.449. The Kier molecular flexibility index (Phi) is 5.50. The average molecular weight is 308 g/mol. The molecule has 2 amide bonds. The van der Waals surface area contributed by atoms with E-state index in [4.69, 9.17) is 4.74 Å². The molecule has 0 aliphatic carbocycles. The molecule has 0 aromatic heterocycles. The highest BCUT2D eigenvalue weighted by Gasteiger charge is 2.30. The van der Waals surface area contributed by atoms with E-state index in [1.54, 1.807) is 31.0 Å². The van der Waals surface area contributed by atoms with E-state index in [1.807, 2.05) is 6.07 Å². The van der Waals surface area contributed by atoms with Crippen LogP contribution < -0.4 is 15.4 Å². The summed E-state index contributed by atoms with van der Waals surface area (Å²) in [7, 11) is 1.58. The maximum absolute atomic E-state index is 12.3. The van der Waals surface area contributed by atoms with Crippen LogP contribution >= 0.6 is 11.8 Å². The van der Waals surface area contributed by atoms with Crippen LogP contribution in [0.1, 0.15) is 24.8 Å². The molecule has 1 unspecified atom stereocenters. The predicted octanol–water partition coefficient (Wildman–Crippen LogP) is 1.99. The van der Waals surface area contributed by atoms with Gasteiger partial charge in [-0.2, -0.15) is 11.8 Å². The Morgan fingerprint density at radius 1 is 1.52 bits per heavy atom. The number of hydrogen-bond acceptors (Lipinski definition) is 4. The van der Waals surface area contributed by atoms with Gasteiger partial charge in [-0.3, -0.25) is 9.59 Å². The molecule has 0 radical (unpaired) electrons. The second-order valence-electron chi connectivity index (χ2n) is 4.75. The standard InChI is InChI=1S/C15H20N2O3S/c1-3-21-7-6-16-15(19)12-9-14(18)17-13-5-4-10(20-2)8-11(12)13/h4-5,8,12H,3,6-7,9H2,1-2H3,(H,16,19)(H,17,18). The van der Waals surface area contributed by atoms with Crippen LogP contribution in [-0.4, -0.2) is 37.0 Å². The number of benzene rings is 1. The van der Waals surface area contributed by atoms with E-state index in [2.05, 4.69) is 17.6 Å². The number of ether oxygens (including phenoxy) is 1. The summed E-state index contributed by atoms with van der Waals surface area (Å²) >= 11 is 1.77. The molecule has 0 fully saturated rings. The Balaban J connectivity index is 2.12. The average Bonchev–Trinajstić information content (AvgIpc) is 2.50. The minimum absolute atomic E-state index is 0.101. The SMILES string of the molecule is CCSCCNC(=O)C1CC(=O)Nc2ccc(OC)cc21. The van der Waals surface area contributed by atoms with Gasteiger partial charge in [0.1, 0.15) is 5.75 Å². The van der Waals surface area contributed by atoms with Crippen LogP contribution in [0.4, 0.5) is 5.69 Å². The van der Waals surface area contributed by atoms with Gasteiger partial charge in [0.25, 0.3) is 0 Å². The fourth-order valence-corrected chi connectivity index (χ4v) is 2.85. The molecule has 1 atom stereocenters.